The highest BCUT2D eigenvalue weighted by atomic mass is 16.5. The number of hydrogen-bond acceptors (Lipinski definition) is 5. The van der Waals surface area contributed by atoms with Crippen LogP contribution in [-0.2, 0) is 4.79 Å². The van der Waals surface area contributed by atoms with Gasteiger partial charge in [-0.05, 0) is 58.0 Å². The van der Waals surface area contributed by atoms with Crippen LogP contribution in [0.2, 0.25) is 0 Å². The molecule has 1 aromatic rings. The van der Waals surface area contributed by atoms with Crippen LogP contribution in [0.3, 0.4) is 0 Å². The third-order valence-electron chi connectivity index (χ3n) is 4.28. The lowest BCUT2D eigenvalue weighted by Gasteiger charge is -2.18. The van der Waals surface area contributed by atoms with Crippen LogP contribution in [0, 0.1) is 5.92 Å². The van der Waals surface area contributed by atoms with Gasteiger partial charge in [-0.2, -0.15) is 0 Å². The summed E-state index contributed by atoms with van der Waals surface area (Å²) in [6.07, 6.45) is 1.01. The lowest BCUT2D eigenvalue weighted by Crippen LogP contribution is -2.34. The zero-order valence-corrected chi connectivity index (χ0v) is 16.0. The minimum absolute atomic E-state index is 0.00833. The number of carbonyl (C=O) groups excluding carboxylic acids is 2. The van der Waals surface area contributed by atoms with Gasteiger partial charge in [0.1, 0.15) is 0 Å². The summed E-state index contributed by atoms with van der Waals surface area (Å²) in [5, 5.41) is 5.92. The maximum Gasteiger partial charge on any atom is 0.258 e. The molecule has 7 heteroatoms. The molecule has 1 aliphatic rings. The molecule has 0 spiro atoms. The molecule has 1 fully saturated rings. The quantitative estimate of drug-likeness (QED) is 0.727. The fourth-order valence-corrected chi connectivity index (χ4v) is 3.08. The molecule has 2 rings (SSSR count). The van der Waals surface area contributed by atoms with Gasteiger partial charge in [0.15, 0.2) is 18.1 Å². The van der Waals surface area contributed by atoms with E-state index in [9.17, 15) is 9.59 Å². The van der Waals surface area contributed by atoms with E-state index in [0.717, 1.165) is 26.1 Å². The van der Waals surface area contributed by atoms with Crippen molar-refractivity contribution in [1.29, 1.82) is 0 Å². The van der Waals surface area contributed by atoms with Gasteiger partial charge in [-0.3, -0.25) is 9.59 Å². The first-order chi connectivity index (χ1) is 12.4. The van der Waals surface area contributed by atoms with Crippen LogP contribution in [0.25, 0.3) is 0 Å². The summed E-state index contributed by atoms with van der Waals surface area (Å²) in [5.74, 6) is 1.17. The minimum Gasteiger partial charge on any atom is -0.493 e. The molecule has 26 heavy (non-hydrogen) atoms. The van der Waals surface area contributed by atoms with E-state index in [1.807, 2.05) is 25.8 Å². The number of carbonyl (C=O) groups is 2. The first kappa shape index (κ1) is 20.0. The van der Waals surface area contributed by atoms with Gasteiger partial charge in [-0.25, -0.2) is 0 Å². The number of benzene rings is 1. The van der Waals surface area contributed by atoms with E-state index in [1.54, 1.807) is 18.2 Å². The molecule has 0 bridgehead atoms. The largest absolute Gasteiger partial charge is 0.493 e. The molecule has 1 saturated heterocycles. The van der Waals surface area contributed by atoms with Crippen molar-refractivity contribution in [3.63, 3.8) is 0 Å². The summed E-state index contributed by atoms with van der Waals surface area (Å²) >= 11 is 0. The summed E-state index contributed by atoms with van der Waals surface area (Å²) in [5.41, 5.74) is 0.561. The first-order valence-corrected chi connectivity index (χ1v) is 8.98. The Kier molecular flexibility index (Phi) is 7.26. The maximum atomic E-state index is 12.7. The predicted octanol–water partition coefficient (Wildman–Crippen LogP) is 1.28. The van der Waals surface area contributed by atoms with Crippen molar-refractivity contribution in [3.8, 4) is 11.5 Å². The smallest absolute Gasteiger partial charge is 0.258 e. The number of nitrogens with zero attached hydrogens (tertiary/aromatic N) is 1. The lowest BCUT2D eigenvalue weighted by molar-refractivity contribution is -0.123. The van der Waals surface area contributed by atoms with Crippen LogP contribution in [0.5, 0.6) is 11.5 Å². The third-order valence-corrected chi connectivity index (χ3v) is 4.28. The number of amides is 2. The van der Waals surface area contributed by atoms with E-state index in [2.05, 4.69) is 10.6 Å². The van der Waals surface area contributed by atoms with Crippen molar-refractivity contribution in [1.82, 2.24) is 15.5 Å². The van der Waals surface area contributed by atoms with E-state index >= 15 is 0 Å². The Bertz CT molecular complexity index is 633. The van der Waals surface area contributed by atoms with Crippen LogP contribution in [-0.4, -0.2) is 63.2 Å². The Balaban J connectivity index is 2.01. The van der Waals surface area contributed by atoms with Gasteiger partial charge in [0, 0.05) is 24.7 Å². The molecular formula is C19H29N3O4. The van der Waals surface area contributed by atoms with Crippen molar-refractivity contribution < 1.29 is 19.1 Å². The number of nitrogens with one attached hydrogen (secondary N) is 2. The van der Waals surface area contributed by atoms with Gasteiger partial charge in [-0.1, -0.05) is 0 Å². The number of rotatable bonds is 8. The molecule has 1 aromatic carbocycles. The average molecular weight is 363 g/mol. The van der Waals surface area contributed by atoms with Crippen LogP contribution in [0.15, 0.2) is 18.2 Å². The highest BCUT2D eigenvalue weighted by Gasteiger charge is 2.27. The van der Waals surface area contributed by atoms with E-state index in [0.29, 0.717) is 23.0 Å². The molecule has 144 valence electrons. The Morgan fingerprint density at radius 3 is 2.73 bits per heavy atom. The van der Waals surface area contributed by atoms with Crippen LogP contribution in [0.4, 0.5) is 0 Å². The Hall–Kier alpha value is -2.28. The number of methoxy groups -OCH3 is 1. The number of ether oxygens (including phenoxy) is 2. The monoisotopic (exact) mass is 363 g/mol. The fraction of sp³-hybridized carbons (Fsp3) is 0.579. The standard InChI is InChI=1S/C19H29N3O4/c1-13(2)21-18(23)12-26-16-6-5-15(9-17(16)25-4)19(24)22-8-7-14(11-22)10-20-3/h5-6,9,13-14,20H,7-8,10-12H2,1-4H3,(H,21,23). The normalized spacial score (nSPS) is 16.7. The van der Waals surface area contributed by atoms with E-state index < -0.39 is 0 Å². The maximum absolute atomic E-state index is 12.7. The molecule has 0 aromatic heterocycles. The zero-order chi connectivity index (χ0) is 19.1. The topological polar surface area (TPSA) is 79.9 Å². The van der Waals surface area contributed by atoms with E-state index in [-0.39, 0.29) is 24.5 Å². The zero-order valence-electron chi connectivity index (χ0n) is 16.0. The second-order valence-electron chi connectivity index (χ2n) is 6.84. The van der Waals surface area contributed by atoms with Crippen molar-refractivity contribution in [2.75, 3.05) is 40.4 Å². The van der Waals surface area contributed by atoms with Gasteiger partial charge < -0.3 is 25.0 Å². The lowest BCUT2D eigenvalue weighted by atomic mass is 10.1. The first-order valence-electron chi connectivity index (χ1n) is 8.98. The highest BCUT2D eigenvalue weighted by Crippen LogP contribution is 2.29. The molecule has 1 aliphatic heterocycles. The summed E-state index contributed by atoms with van der Waals surface area (Å²) in [4.78, 5) is 26.3. The molecule has 2 N–H and O–H groups in total. The van der Waals surface area contributed by atoms with Crippen molar-refractivity contribution in [2.24, 2.45) is 5.92 Å². The van der Waals surface area contributed by atoms with Gasteiger partial charge >= 0.3 is 0 Å². The van der Waals surface area contributed by atoms with Gasteiger partial charge in [-0.15, -0.1) is 0 Å². The highest BCUT2D eigenvalue weighted by molar-refractivity contribution is 5.95. The predicted molar refractivity (Wildman–Crippen MR) is 99.7 cm³/mol. The molecule has 7 nitrogen and oxygen atoms in total. The Morgan fingerprint density at radius 1 is 1.31 bits per heavy atom. The number of hydrogen-bond donors (Lipinski definition) is 2. The summed E-state index contributed by atoms with van der Waals surface area (Å²) in [6, 6.07) is 5.12. The molecular weight excluding hydrogens is 334 g/mol. The summed E-state index contributed by atoms with van der Waals surface area (Å²) in [7, 11) is 3.44. The van der Waals surface area contributed by atoms with E-state index in [4.69, 9.17) is 9.47 Å². The minimum atomic E-state index is -0.199. The SMILES string of the molecule is CNCC1CCN(C(=O)c2ccc(OCC(=O)NC(C)C)c(OC)c2)C1. The van der Waals surface area contributed by atoms with Gasteiger partial charge in [0.05, 0.1) is 7.11 Å². The molecule has 1 unspecified atom stereocenters. The van der Waals surface area contributed by atoms with Crippen LogP contribution in [0.1, 0.15) is 30.6 Å². The Morgan fingerprint density at radius 2 is 2.08 bits per heavy atom. The second kappa shape index (κ2) is 9.43. The molecule has 0 radical (unpaired) electrons. The third kappa shape index (κ3) is 5.36. The van der Waals surface area contributed by atoms with Crippen molar-refractivity contribution in [3.05, 3.63) is 23.8 Å². The molecule has 2 amide bonds. The summed E-state index contributed by atoms with van der Waals surface area (Å²) < 4.78 is 10.9. The van der Waals surface area contributed by atoms with Gasteiger partial charge in [0.25, 0.3) is 11.8 Å². The molecule has 0 aliphatic carbocycles. The average Bonchev–Trinajstić information content (AvgIpc) is 3.07. The molecule has 1 atom stereocenters. The fourth-order valence-electron chi connectivity index (χ4n) is 3.08. The van der Waals surface area contributed by atoms with Crippen LogP contribution >= 0.6 is 0 Å². The molecule has 1 heterocycles. The van der Waals surface area contributed by atoms with Gasteiger partial charge in [0.2, 0.25) is 0 Å². The number of likely N-dealkylation sites (tertiary alicyclic amines) is 1. The molecule has 0 saturated carbocycles. The summed E-state index contributed by atoms with van der Waals surface area (Å²) in [6.45, 7) is 6.12. The van der Waals surface area contributed by atoms with Crippen molar-refractivity contribution in [2.45, 2.75) is 26.3 Å². The van der Waals surface area contributed by atoms with Crippen LogP contribution < -0.4 is 20.1 Å². The van der Waals surface area contributed by atoms with Crippen molar-refractivity contribution >= 4 is 11.8 Å². The Labute approximate surface area is 155 Å². The second-order valence-corrected chi connectivity index (χ2v) is 6.84. The van der Waals surface area contributed by atoms with E-state index in [1.165, 1.54) is 7.11 Å².